The van der Waals surface area contributed by atoms with Crippen molar-refractivity contribution in [2.45, 2.75) is 64.7 Å². The molecule has 0 fully saturated rings. The highest BCUT2D eigenvalue weighted by atomic mass is 13.9. The van der Waals surface area contributed by atoms with Crippen LogP contribution in [0.1, 0.15) is 64.7 Å². The molecular formula is C13H23. The molecule has 0 saturated heterocycles. The Hall–Kier alpha value is -0.440. The highest BCUT2D eigenvalue weighted by Crippen LogP contribution is 2.01. The average Bonchev–Trinajstić information content (AvgIpc) is 2.16. The van der Waals surface area contributed by atoms with E-state index < -0.39 is 0 Å². The molecule has 0 heterocycles. The zero-order valence-electron chi connectivity index (χ0n) is 9.07. The number of unbranched alkanes of at least 4 members (excludes halogenated alkanes) is 7. The molecule has 0 nitrogen and oxygen atoms in total. The summed E-state index contributed by atoms with van der Waals surface area (Å²) in [5, 5.41) is 0. The molecule has 0 aromatic heterocycles. The van der Waals surface area contributed by atoms with E-state index in [0.717, 1.165) is 19.3 Å². The summed E-state index contributed by atoms with van der Waals surface area (Å²) in [7, 11) is 0. The van der Waals surface area contributed by atoms with Gasteiger partial charge in [-0.3, -0.25) is 0 Å². The zero-order valence-corrected chi connectivity index (χ0v) is 9.07. The molecule has 0 unspecified atom stereocenters. The summed E-state index contributed by atoms with van der Waals surface area (Å²) >= 11 is 0. The van der Waals surface area contributed by atoms with Gasteiger partial charge in [0.1, 0.15) is 0 Å². The molecule has 0 rings (SSSR count). The molecule has 0 aromatic carbocycles. The van der Waals surface area contributed by atoms with Gasteiger partial charge in [0.2, 0.25) is 0 Å². The lowest BCUT2D eigenvalue weighted by Gasteiger charge is -1.92. The second-order valence-corrected chi connectivity index (χ2v) is 3.47. The van der Waals surface area contributed by atoms with Crippen molar-refractivity contribution in [2.75, 3.05) is 0 Å². The summed E-state index contributed by atoms with van der Waals surface area (Å²) in [4.78, 5) is 0. The average molecular weight is 179 g/mol. The topological polar surface area (TPSA) is 0 Å². The Kier molecular flexibility index (Phi) is 11.2. The van der Waals surface area contributed by atoms with Gasteiger partial charge >= 0.3 is 0 Å². The third-order valence-electron chi connectivity index (χ3n) is 2.08. The largest absolute Gasteiger partial charge is 0.103 e. The molecule has 0 aliphatic carbocycles. The van der Waals surface area contributed by atoms with Crippen LogP contribution >= 0.6 is 0 Å². The predicted molar refractivity (Wildman–Crippen MR) is 60.4 cm³/mol. The van der Waals surface area contributed by atoms with Gasteiger partial charge in [0.05, 0.1) is 0 Å². The third-order valence-corrected chi connectivity index (χ3v) is 2.08. The van der Waals surface area contributed by atoms with Crippen LogP contribution in [0.2, 0.25) is 0 Å². The molecule has 0 amide bonds. The molecule has 75 valence electrons. The van der Waals surface area contributed by atoms with Gasteiger partial charge in [0.25, 0.3) is 0 Å². The Morgan fingerprint density at radius 2 is 1.46 bits per heavy atom. The summed E-state index contributed by atoms with van der Waals surface area (Å²) in [6.07, 6.45) is 11.0. The van der Waals surface area contributed by atoms with Crippen molar-refractivity contribution in [1.29, 1.82) is 0 Å². The van der Waals surface area contributed by atoms with Gasteiger partial charge in [-0.2, -0.15) is 0 Å². The van der Waals surface area contributed by atoms with Gasteiger partial charge in [-0.1, -0.05) is 46.0 Å². The monoisotopic (exact) mass is 179 g/mol. The fourth-order valence-corrected chi connectivity index (χ4v) is 1.21. The highest BCUT2D eigenvalue weighted by Gasteiger charge is 1.84. The van der Waals surface area contributed by atoms with Crippen LogP contribution < -0.4 is 0 Å². The van der Waals surface area contributed by atoms with Gasteiger partial charge in [-0.05, 0) is 12.8 Å². The van der Waals surface area contributed by atoms with Crippen molar-refractivity contribution in [3.05, 3.63) is 6.92 Å². The molecule has 0 saturated carbocycles. The van der Waals surface area contributed by atoms with Crippen LogP contribution in [0.4, 0.5) is 0 Å². The first-order valence-electron chi connectivity index (χ1n) is 5.66. The van der Waals surface area contributed by atoms with Gasteiger partial charge < -0.3 is 0 Å². The van der Waals surface area contributed by atoms with E-state index in [1.165, 1.54) is 38.5 Å². The second kappa shape index (κ2) is 11.6. The number of hydrogen-bond acceptors (Lipinski definition) is 0. The third kappa shape index (κ3) is 11.6. The van der Waals surface area contributed by atoms with Crippen LogP contribution in [-0.2, 0) is 0 Å². The molecule has 13 heavy (non-hydrogen) atoms. The van der Waals surface area contributed by atoms with E-state index in [-0.39, 0.29) is 0 Å². The summed E-state index contributed by atoms with van der Waals surface area (Å²) in [5.41, 5.74) is 0. The van der Waals surface area contributed by atoms with Crippen LogP contribution in [-0.4, -0.2) is 0 Å². The van der Waals surface area contributed by atoms with E-state index in [0.29, 0.717) is 0 Å². The standard InChI is InChI=1S/C13H23/c1-3-5-7-9-11-13-12-10-8-6-4-2/h1,3-10,12H2,2H3. The maximum Gasteiger partial charge on any atom is 0.00886 e. The SMILES string of the molecule is [CH2]CCCCC#CCCCCCC. The Labute approximate surface area is 84.1 Å². The Morgan fingerprint density at radius 1 is 0.846 bits per heavy atom. The first-order chi connectivity index (χ1) is 6.41. The lowest BCUT2D eigenvalue weighted by Crippen LogP contribution is -1.75. The summed E-state index contributed by atoms with van der Waals surface area (Å²) in [5.74, 6) is 6.45. The van der Waals surface area contributed by atoms with Crippen LogP contribution in [0.25, 0.3) is 0 Å². The van der Waals surface area contributed by atoms with Gasteiger partial charge in [0, 0.05) is 12.8 Å². The second-order valence-electron chi connectivity index (χ2n) is 3.47. The maximum absolute atomic E-state index is 3.81. The lowest BCUT2D eigenvalue weighted by molar-refractivity contribution is 0.679. The Balaban J connectivity index is 3.02. The van der Waals surface area contributed by atoms with Crippen LogP contribution in [0.3, 0.4) is 0 Å². The lowest BCUT2D eigenvalue weighted by atomic mass is 10.1. The Morgan fingerprint density at radius 3 is 2.00 bits per heavy atom. The molecule has 0 N–H and O–H groups in total. The fourth-order valence-electron chi connectivity index (χ4n) is 1.21. The number of rotatable bonds is 7. The van der Waals surface area contributed by atoms with Gasteiger partial charge in [-0.25, -0.2) is 0 Å². The molecule has 0 spiro atoms. The molecule has 0 aromatic rings. The van der Waals surface area contributed by atoms with Crippen molar-refractivity contribution in [3.63, 3.8) is 0 Å². The summed E-state index contributed by atoms with van der Waals surface area (Å²) in [6, 6.07) is 0. The highest BCUT2D eigenvalue weighted by molar-refractivity contribution is 4.98. The van der Waals surface area contributed by atoms with E-state index in [4.69, 9.17) is 0 Å². The first-order valence-corrected chi connectivity index (χ1v) is 5.66. The minimum Gasteiger partial charge on any atom is -0.103 e. The van der Waals surface area contributed by atoms with E-state index in [9.17, 15) is 0 Å². The van der Waals surface area contributed by atoms with Crippen molar-refractivity contribution in [1.82, 2.24) is 0 Å². The minimum atomic E-state index is 1.05. The van der Waals surface area contributed by atoms with E-state index >= 15 is 0 Å². The van der Waals surface area contributed by atoms with E-state index in [2.05, 4.69) is 25.7 Å². The molecule has 0 heteroatoms. The van der Waals surface area contributed by atoms with Gasteiger partial charge in [-0.15, -0.1) is 11.8 Å². The van der Waals surface area contributed by atoms with E-state index in [1.54, 1.807) is 0 Å². The normalized spacial score (nSPS) is 9.38. The molecule has 0 aliphatic rings. The van der Waals surface area contributed by atoms with Gasteiger partial charge in [0.15, 0.2) is 0 Å². The van der Waals surface area contributed by atoms with Crippen LogP contribution in [0, 0.1) is 18.8 Å². The van der Waals surface area contributed by atoms with Crippen molar-refractivity contribution in [2.24, 2.45) is 0 Å². The maximum atomic E-state index is 3.81. The molecule has 0 bridgehead atoms. The number of hydrogen-bond donors (Lipinski definition) is 0. The Bertz CT molecular complexity index is 136. The quantitative estimate of drug-likeness (QED) is 0.402. The minimum absolute atomic E-state index is 1.05. The van der Waals surface area contributed by atoms with Crippen molar-refractivity contribution >= 4 is 0 Å². The molecular weight excluding hydrogens is 156 g/mol. The predicted octanol–water partition coefficient (Wildman–Crippen LogP) is 4.35. The fraction of sp³-hybridized carbons (Fsp3) is 0.769. The smallest absolute Gasteiger partial charge is 0.00886 e. The van der Waals surface area contributed by atoms with E-state index in [1.807, 2.05) is 0 Å². The van der Waals surface area contributed by atoms with Crippen LogP contribution in [0.5, 0.6) is 0 Å². The zero-order chi connectivity index (χ0) is 9.78. The summed E-state index contributed by atoms with van der Waals surface area (Å²) in [6.45, 7) is 6.05. The van der Waals surface area contributed by atoms with Crippen molar-refractivity contribution in [3.8, 4) is 11.8 Å². The molecule has 1 radical (unpaired) electrons. The molecule has 0 aliphatic heterocycles. The summed E-state index contributed by atoms with van der Waals surface area (Å²) < 4.78 is 0. The molecule has 0 atom stereocenters. The van der Waals surface area contributed by atoms with Crippen molar-refractivity contribution < 1.29 is 0 Å². The van der Waals surface area contributed by atoms with Crippen LogP contribution in [0.15, 0.2) is 0 Å². The first kappa shape index (κ1) is 12.6.